The number of rotatable bonds is 6. The number of hydrogen-bond donors (Lipinski definition) is 3. The minimum Gasteiger partial charge on any atom is -0.481 e. The number of aromatic amines is 1. The fraction of sp³-hybridized carbons (Fsp3) is 0.278. The largest absolute Gasteiger partial charge is 0.481 e. The molecule has 0 unspecified atom stereocenters. The molecule has 0 spiro atoms. The summed E-state index contributed by atoms with van der Waals surface area (Å²) in [7, 11) is 0. The molecule has 0 atom stereocenters. The van der Waals surface area contributed by atoms with Crippen LogP contribution in [-0.2, 0) is 17.6 Å². The quantitative estimate of drug-likeness (QED) is 0.700. The predicted octanol–water partition coefficient (Wildman–Crippen LogP) is 3.11. The molecule has 0 radical (unpaired) electrons. The van der Waals surface area contributed by atoms with Crippen molar-refractivity contribution < 1.29 is 23.9 Å². The van der Waals surface area contributed by atoms with Crippen molar-refractivity contribution in [2.45, 2.75) is 33.6 Å². The molecular weight excluding hydrogens is 327 g/mol. The van der Waals surface area contributed by atoms with E-state index in [2.05, 4.69) is 10.3 Å². The van der Waals surface area contributed by atoms with Crippen LogP contribution < -0.4 is 5.32 Å². The van der Waals surface area contributed by atoms with Crippen molar-refractivity contribution in [1.82, 2.24) is 4.98 Å². The number of halogens is 1. The van der Waals surface area contributed by atoms with Gasteiger partial charge in [0.05, 0.1) is 6.42 Å². The first-order chi connectivity index (χ1) is 11.7. The molecule has 1 aromatic carbocycles. The summed E-state index contributed by atoms with van der Waals surface area (Å²) in [5.41, 5.74) is 2.23. The maximum atomic E-state index is 13.9. The van der Waals surface area contributed by atoms with E-state index in [1.807, 2.05) is 6.92 Å². The first-order valence-electron chi connectivity index (χ1n) is 7.78. The summed E-state index contributed by atoms with van der Waals surface area (Å²) < 4.78 is 13.9. The number of aryl methyl sites for hydroxylation is 1. The average Bonchev–Trinajstić information content (AvgIpc) is 2.86. The number of H-pyrrole nitrogens is 1. The van der Waals surface area contributed by atoms with Crippen LogP contribution in [0.15, 0.2) is 18.2 Å². The fourth-order valence-electron chi connectivity index (χ4n) is 2.83. The van der Waals surface area contributed by atoms with Gasteiger partial charge in [-0.1, -0.05) is 13.0 Å². The maximum absolute atomic E-state index is 13.9. The number of aliphatic carboxylic acids is 1. The zero-order valence-corrected chi connectivity index (χ0v) is 14.2. The molecule has 25 heavy (non-hydrogen) atoms. The van der Waals surface area contributed by atoms with Crippen molar-refractivity contribution in [3.05, 3.63) is 52.1 Å². The molecule has 0 saturated heterocycles. The number of carboxylic acid groups (broad SMARTS) is 1. The molecule has 7 heteroatoms. The number of benzene rings is 1. The topological polar surface area (TPSA) is 99.3 Å². The number of aromatic nitrogens is 1. The van der Waals surface area contributed by atoms with Gasteiger partial charge in [0.1, 0.15) is 11.5 Å². The molecule has 0 aliphatic carbocycles. The van der Waals surface area contributed by atoms with Crippen LogP contribution in [0.25, 0.3) is 0 Å². The van der Waals surface area contributed by atoms with Gasteiger partial charge in [-0.3, -0.25) is 14.4 Å². The Balaban J connectivity index is 2.29. The van der Waals surface area contributed by atoms with Gasteiger partial charge in [-0.25, -0.2) is 4.39 Å². The molecule has 1 aromatic heterocycles. The third kappa shape index (κ3) is 3.93. The number of Topliss-reactive ketones (excluding diaryl/α,β-unsaturated/α-hetero) is 1. The van der Waals surface area contributed by atoms with Crippen LogP contribution in [0.1, 0.15) is 51.5 Å². The van der Waals surface area contributed by atoms with E-state index >= 15 is 0 Å². The number of carbonyl (C=O) groups is 3. The summed E-state index contributed by atoms with van der Waals surface area (Å²) in [4.78, 5) is 37.8. The third-order valence-corrected chi connectivity index (χ3v) is 3.88. The molecule has 0 bridgehead atoms. The molecule has 0 aliphatic heterocycles. The van der Waals surface area contributed by atoms with Gasteiger partial charge in [0.15, 0.2) is 5.78 Å². The Kier molecular flexibility index (Phi) is 5.36. The van der Waals surface area contributed by atoms with Crippen molar-refractivity contribution in [3.8, 4) is 0 Å². The summed E-state index contributed by atoms with van der Waals surface area (Å²) in [6, 6.07) is 3.83. The zero-order chi connectivity index (χ0) is 18.7. The van der Waals surface area contributed by atoms with Crippen LogP contribution in [0.3, 0.4) is 0 Å². The van der Waals surface area contributed by atoms with E-state index in [0.717, 1.165) is 6.07 Å². The van der Waals surface area contributed by atoms with Crippen molar-refractivity contribution >= 4 is 23.3 Å². The molecule has 2 aromatic rings. The number of hydrogen-bond acceptors (Lipinski definition) is 3. The van der Waals surface area contributed by atoms with E-state index in [-0.39, 0.29) is 22.7 Å². The van der Waals surface area contributed by atoms with Crippen LogP contribution in [0.2, 0.25) is 0 Å². The van der Waals surface area contributed by atoms with Crippen LogP contribution in [-0.4, -0.2) is 27.8 Å². The van der Waals surface area contributed by atoms with E-state index < -0.39 is 24.1 Å². The second kappa shape index (κ2) is 7.29. The molecule has 0 fully saturated rings. The second-order valence-electron chi connectivity index (χ2n) is 5.72. The SMILES string of the molecule is CCc1c(C(=O)Nc2ccc(CC(=O)O)c(F)c2)[nH]c(C)c1C(C)=O. The number of ketones is 1. The molecular formula is C18H19FN2O4. The number of nitrogens with one attached hydrogen (secondary N) is 2. The summed E-state index contributed by atoms with van der Waals surface area (Å²) in [5, 5.41) is 11.3. The molecule has 1 heterocycles. The second-order valence-corrected chi connectivity index (χ2v) is 5.72. The number of carboxylic acids is 1. The summed E-state index contributed by atoms with van der Waals surface area (Å²) in [5.74, 6) is -2.46. The fourth-order valence-corrected chi connectivity index (χ4v) is 2.83. The first-order valence-corrected chi connectivity index (χ1v) is 7.78. The van der Waals surface area contributed by atoms with Gasteiger partial charge in [0.25, 0.3) is 5.91 Å². The van der Waals surface area contributed by atoms with Crippen LogP contribution >= 0.6 is 0 Å². The normalized spacial score (nSPS) is 10.6. The van der Waals surface area contributed by atoms with E-state index in [1.165, 1.54) is 19.1 Å². The van der Waals surface area contributed by atoms with Crippen molar-refractivity contribution in [2.24, 2.45) is 0 Å². The van der Waals surface area contributed by atoms with Crippen LogP contribution in [0.4, 0.5) is 10.1 Å². The van der Waals surface area contributed by atoms with Crippen molar-refractivity contribution in [2.75, 3.05) is 5.32 Å². The molecule has 6 nitrogen and oxygen atoms in total. The van der Waals surface area contributed by atoms with Crippen molar-refractivity contribution in [3.63, 3.8) is 0 Å². The van der Waals surface area contributed by atoms with E-state index in [9.17, 15) is 18.8 Å². The molecule has 2 rings (SSSR count). The van der Waals surface area contributed by atoms with E-state index in [4.69, 9.17) is 5.11 Å². The highest BCUT2D eigenvalue weighted by atomic mass is 19.1. The Hall–Kier alpha value is -2.96. The number of anilines is 1. The highest BCUT2D eigenvalue weighted by Crippen LogP contribution is 2.22. The lowest BCUT2D eigenvalue weighted by Gasteiger charge is -2.08. The minimum atomic E-state index is -1.14. The molecule has 0 aliphatic rings. The van der Waals surface area contributed by atoms with Gasteiger partial charge in [-0.05, 0) is 43.5 Å². The summed E-state index contributed by atoms with van der Waals surface area (Å²) in [6.45, 7) is 4.99. The Morgan fingerprint density at radius 2 is 1.96 bits per heavy atom. The third-order valence-electron chi connectivity index (χ3n) is 3.88. The smallest absolute Gasteiger partial charge is 0.307 e. The Bertz CT molecular complexity index is 855. The maximum Gasteiger partial charge on any atom is 0.307 e. The van der Waals surface area contributed by atoms with Gasteiger partial charge in [-0.15, -0.1) is 0 Å². The van der Waals surface area contributed by atoms with Crippen LogP contribution in [0, 0.1) is 12.7 Å². The van der Waals surface area contributed by atoms with Gasteiger partial charge < -0.3 is 15.4 Å². The lowest BCUT2D eigenvalue weighted by Crippen LogP contribution is -2.15. The average molecular weight is 346 g/mol. The lowest BCUT2D eigenvalue weighted by molar-refractivity contribution is -0.136. The molecule has 132 valence electrons. The summed E-state index contributed by atoms with van der Waals surface area (Å²) >= 11 is 0. The Morgan fingerprint density at radius 3 is 2.48 bits per heavy atom. The van der Waals surface area contributed by atoms with Crippen LogP contribution in [0.5, 0.6) is 0 Å². The predicted molar refractivity (Wildman–Crippen MR) is 90.6 cm³/mol. The highest BCUT2D eigenvalue weighted by Gasteiger charge is 2.21. The lowest BCUT2D eigenvalue weighted by atomic mass is 10.0. The monoisotopic (exact) mass is 346 g/mol. The Morgan fingerprint density at radius 1 is 1.28 bits per heavy atom. The molecule has 0 saturated carbocycles. The minimum absolute atomic E-state index is 0.0364. The molecule has 3 N–H and O–H groups in total. The Labute approximate surface area is 144 Å². The number of amides is 1. The van der Waals surface area contributed by atoms with Crippen molar-refractivity contribution in [1.29, 1.82) is 0 Å². The van der Waals surface area contributed by atoms with E-state index in [1.54, 1.807) is 6.92 Å². The zero-order valence-electron chi connectivity index (χ0n) is 14.2. The molecule has 1 amide bonds. The van der Waals surface area contributed by atoms with Gasteiger partial charge in [-0.2, -0.15) is 0 Å². The van der Waals surface area contributed by atoms with Gasteiger partial charge in [0.2, 0.25) is 0 Å². The van der Waals surface area contributed by atoms with Gasteiger partial charge in [0, 0.05) is 16.9 Å². The first kappa shape index (κ1) is 18.4. The number of carbonyl (C=O) groups excluding carboxylic acids is 2. The van der Waals surface area contributed by atoms with E-state index in [0.29, 0.717) is 23.2 Å². The standard InChI is InChI=1S/C18H19FN2O4/c1-4-13-16(10(3)22)9(2)20-17(13)18(25)21-12-6-5-11(7-15(23)24)14(19)8-12/h5-6,8,20H,4,7H2,1-3H3,(H,21,25)(H,23,24). The summed E-state index contributed by atoms with van der Waals surface area (Å²) in [6.07, 6.45) is 0.0613. The van der Waals surface area contributed by atoms with Gasteiger partial charge >= 0.3 is 5.97 Å². The highest BCUT2D eigenvalue weighted by molar-refractivity contribution is 6.07.